The highest BCUT2D eigenvalue weighted by atomic mass is 28.3. The van der Waals surface area contributed by atoms with E-state index in [1.54, 1.807) is 0 Å². The molecule has 0 aliphatic heterocycles. The van der Waals surface area contributed by atoms with Crippen molar-refractivity contribution in [2.75, 3.05) is 0 Å². The third-order valence-electron chi connectivity index (χ3n) is 3.21. The van der Waals surface area contributed by atoms with Gasteiger partial charge in [-0.1, -0.05) is 19.6 Å². The molecule has 2 aromatic carbocycles. The molecule has 0 atom stereocenters. The van der Waals surface area contributed by atoms with Gasteiger partial charge in [-0.15, -0.1) is 12.0 Å². The fraction of sp³-hybridized carbons (Fsp3) is 0.176. The Morgan fingerprint density at radius 2 is 0.690 bits per heavy atom. The van der Waals surface area contributed by atoms with Crippen LogP contribution in [-0.2, 0) is 0 Å². The number of hydrogen-bond donors (Lipinski definition) is 0. The number of rotatable bonds is 2. The van der Waals surface area contributed by atoms with Gasteiger partial charge in [-0.3, -0.25) is 0 Å². The molecule has 0 N–H and O–H groups in total. The zero-order valence-corrected chi connectivity index (χ0v) is 15.9. The topological polar surface area (TPSA) is 0 Å². The third kappa shape index (κ3) is 5.15. The minimum absolute atomic E-state index is 0.369. The summed E-state index contributed by atoms with van der Waals surface area (Å²) in [6.07, 6.45) is 5.12. The van der Waals surface area contributed by atoms with Gasteiger partial charge in [0.2, 0.25) is 7.28 Å². The van der Waals surface area contributed by atoms with Gasteiger partial charge in [0.15, 0.2) is 58.2 Å². The monoisotopic (exact) mass is 443 g/mol. The summed E-state index contributed by atoms with van der Waals surface area (Å²) in [6, 6.07) is 0. The predicted octanol–water partition coefficient (Wildman–Crippen LogP) is 4.23. The van der Waals surface area contributed by atoms with Crippen LogP contribution in [0.15, 0.2) is 0 Å². The molecule has 0 nitrogen and oxygen atoms in total. The van der Waals surface area contributed by atoms with Gasteiger partial charge < -0.3 is 0 Å². The highest BCUT2D eigenvalue weighted by Crippen LogP contribution is 2.18. The summed E-state index contributed by atoms with van der Waals surface area (Å²) < 4.78 is 131. The number of hydrogen-bond acceptors (Lipinski definition) is 0. The highest BCUT2D eigenvalue weighted by Gasteiger charge is 2.31. The van der Waals surface area contributed by atoms with Crippen molar-refractivity contribution in [1.82, 2.24) is 0 Å². The number of halogens is 10. The zero-order valence-electron chi connectivity index (χ0n) is 14.9. The Morgan fingerprint density at radius 1 is 0.517 bits per heavy atom. The molecule has 1 radical (unpaired) electrons. The molecule has 12 heteroatoms. The van der Waals surface area contributed by atoms with Crippen LogP contribution in [0.4, 0.5) is 43.9 Å². The molecule has 29 heavy (non-hydrogen) atoms. The standard InChI is InChI=1S/C12BF10.C5H10Si/c14-3-1(4(15)8(19)11(22)7(3)18)13-2-5(16)9(20)12(23)10(21)6(2)17;1-5-6(2,3)4/h;1H,2-4H3. The summed E-state index contributed by atoms with van der Waals surface area (Å²) in [4.78, 5) is 0. The van der Waals surface area contributed by atoms with Crippen LogP contribution in [0, 0.1) is 70.1 Å². The average molecular weight is 443 g/mol. The maximum Gasteiger partial charge on any atom is 0.207 e. The summed E-state index contributed by atoms with van der Waals surface area (Å²) in [6.45, 7) is 6.44. The van der Waals surface area contributed by atoms with Crippen molar-refractivity contribution in [3.8, 4) is 12.0 Å². The zero-order chi connectivity index (χ0) is 22.8. The van der Waals surface area contributed by atoms with E-state index < -0.39 is 77.2 Å². The first kappa shape index (κ1) is 24.6. The van der Waals surface area contributed by atoms with Crippen LogP contribution in [0.2, 0.25) is 19.6 Å². The second-order valence-electron chi connectivity index (χ2n) is 6.51. The normalized spacial score (nSPS) is 10.9. The van der Waals surface area contributed by atoms with Crippen molar-refractivity contribution >= 4 is 26.3 Å². The minimum Gasteiger partial charge on any atom is -0.204 e. The maximum atomic E-state index is 13.4. The van der Waals surface area contributed by atoms with Crippen molar-refractivity contribution < 1.29 is 43.9 Å². The largest absolute Gasteiger partial charge is 0.207 e. The fourth-order valence-corrected chi connectivity index (χ4v) is 1.64. The molecule has 0 spiro atoms. The van der Waals surface area contributed by atoms with E-state index >= 15 is 0 Å². The highest BCUT2D eigenvalue weighted by molar-refractivity contribution is 6.83. The lowest BCUT2D eigenvalue weighted by Crippen LogP contribution is -2.39. The van der Waals surface area contributed by atoms with Gasteiger partial charge in [-0.25, -0.2) is 43.9 Å². The van der Waals surface area contributed by atoms with Crippen LogP contribution in [-0.4, -0.2) is 15.4 Å². The first-order valence-corrected chi connectivity index (χ1v) is 11.0. The number of benzene rings is 2. The van der Waals surface area contributed by atoms with Crippen LogP contribution < -0.4 is 10.9 Å². The Bertz CT molecular complexity index is 866. The molecule has 2 aromatic rings. The van der Waals surface area contributed by atoms with Crippen LogP contribution >= 0.6 is 0 Å². The summed E-state index contributed by atoms with van der Waals surface area (Å²) in [5.74, 6) is -24.9. The molecule has 0 aliphatic rings. The summed E-state index contributed by atoms with van der Waals surface area (Å²) in [5.41, 5.74) is -0.971. The van der Waals surface area contributed by atoms with Gasteiger partial charge in [0.1, 0.15) is 8.07 Å². The molecule has 0 heterocycles. The molecule has 0 aliphatic carbocycles. The third-order valence-corrected chi connectivity index (χ3v) is 4.08. The lowest BCUT2D eigenvalue weighted by Gasteiger charge is -2.10. The smallest absolute Gasteiger partial charge is 0.204 e. The quantitative estimate of drug-likeness (QED) is 0.214. The molecule has 0 fully saturated rings. The van der Waals surface area contributed by atoms with Crippen LogP contribution in [0.5, 0.6) is 0 Å². The Morgan fingerprint density at radius 3 is 0.862 bits per heavy atom. The molecule has 0 aromatic heterocycles. The summed E-state index contributed by atoms with van der Waals surface area (Å²) in [5, 5.41) is 0. The molecule has 0 bridgehead atoms. The van der Waals surface area contributed by atoms with Crippen LogP contribution in [0.25, 0.3) is 0 Å². The van der Waals surface area contributed by atoms with E-state index in [-0.39, 0.29) is 7.28 Å². The Kier molecular flexibility index (Phi) is 7.59. The molecule has 0 amide bonds. The second-order valence-corrected chi connectivity index (χ2v) is 11.3. The van der Waals surface area contributed by atoms with Crippen LogP contribution in [0.3, 0.4) is 0 Å². The van der Waals surface area contributed by atoms with E-state index in [0.717, 1.165) is 0 Å². The first-order valence-electron chi connectivity index (χ1n) is 7.51. The van der Waals surface area contributed by atoms with E-state index in [1.807, 2.05) is 0 Å². The van der Waals surface area contributed by atoms with E-state index in [1.165, 1.54) is 0 Å². The minimum atomic E-state index is -2.55. The van der Waals surface area contributed by atoms with Crippen molar-refractivity contribution in [3.63, 3.8) is 0 Å². The SMILES string of the molecule is C#C[Si](C)(C)C.Fc1c(F)c(F)c([B]c2c(F)c(F)c(F)c(F)c2F)c(F)c1F. The average Bonchev–Trinajstić information content (AvgIpc) is 2.67. The van der Waals surface area contributed by atoms with Gasteiger partial charge in [0.05, 0.1) is 0 Å². The molecule has 0 unspecified atom stereocenters. The van der Waals surface area contributed by atoms with Gasteiger partial charge >= 0.3 is 0 Å². The second kappa shape index (κ2) is 8.94. The van der Waals surface area contributed by atoms with Crippen molar-refractivity contribution in [1.29, 1.82) is 0 Å². The van der Waals surface area contributed by atoms with Crippen molar-refractivity contribution in [2.24, 2.45) is 0 Å². The molecular weight excluding hydrogens is 433 g/mol. The van der Waals surface area contributed by atoms with E-state index in [9.17, 15) is 43.9 Å². The summed E-state index contributed by atoms with van der Waals surface area (Å²) >= 11 is 0. The molecule has 0 saturated heterocycles. The molecule has 0 saturated carbocycles. The molecular formula is C17H10BF10Si. The van der Waals surface area contributed by atoms with Gasteiger partial charge in [-0.05, 0) is 10.9 Å². The Hall–Kier alpha value is -2.42. The number of terminal acetylenes is 1. The van der Waals surface area contributed by atoms with E-state index in [4.69, 9.17) is 6.42 Å². The van der Waals surface area contributed by atoms with E-state index in [2.05, 4.69) is 25.2 Å². The van der Waals surface area contributed by atoms with Gasteiger partial charge in [0, 0.05) is 0 Å². The maximum absolute atomic E-state index is 13.4. The summed E-state index contributed by atoms with van der Waals surface area (Å²) in [7, 11) is -1.47. The Labute approximate surface area is 160 Å². The predicted molar refractivity (Wildman–Crippen MR) is 89.7 cm³/mol. The first-order chi connectivity index (χ1) is 13.2. The Balaban J connectivity index is 0.000000612. The molecule has 2 rings (SSSR count). The van der Waals surface area contributed by atoms with Crippen molar-refractivity contribution in [2.45, 2.75) is 19.6 Å². The van der Waals surface area contributed by atoms with Gasteiger partial charge in [0.25, 0.3) is 0 Å². The molecule has 155 valence electrons. The van der Waals surface area contributed by atoms with Crippen LogP contribution in [0.1, 0.15) is 0 Å². The van der Waals surface area contributed by atoms with Gasteiger partial charge in [-0.2, -0.15) is 0 Å². The van der Waals surface area contributed by atoms with E-state index in [0.29, 0.717) is 0 Å². The van der Waals surface area contributed by atoms with Crippen molar-refractivity contribution in [3.05, 3.63) is 58.2 Å². The lowest BCUT2D eigenvalue weighted by atomic mass is 9.62. The fourth-order valence-electron chi connectivity index (χ4n) is 1.64. The lowest BCUT2D eigenvalue weighted by molar-refractivity contribution is 0.382.